The standard InChI is InChI=1S/C71H135NO5/c1-3-5-7-9-11-13-15-17-19-20-21-22-23-24-27-30-33-36-39-43-47-51-55-59-63-69(74)68(67-73)72-70(75)64-60-56-52-48-44-40-37-34-31-28-25-26-29-32-35-38-42-46-50-54-58-62-66-77-71(76)65-61-57-53-49-45-41-18-16-14-12-10-8-6-4-2/h16,18,28,31,59,63,68-69,73-74H,3-15,17,19-27,29-30,32-58,60-62,64-67H2,1-2H3,(H,72,75)/b18-16-,31-28-,63-59+. The fraction of sp³-hybridized carbons (Fsp3) is 0.887. The first-order chi connectivity index (χ1) is 38.0. The van der Waals surface area contributed by atoms with Crippen LogP contribution in [0.25, 0.3) is 0 Å². The molecule has 3 N–H and O–H groups in total. The Bertz CT molecular complexity index is 1250. The van der Waals surface area contributed by atoms with Gasteiger partial charge in [-0.05, 0) is 83.5 Å². The number of ether oxygens (including phenoxy) is 1. The normalized spacial score (nSPS) is 12.7. The average molecular weight is 1080 g/mol. The molecule has 77 heavy (non-hydrogen) atoms. The fourth-order valence-corrected chi connectivity index (χ4v) is 10.8. The number of hydrogen-bond donors (Lipinski definition) is 3. The zero-order chi connectivity index (χ0) is 55.7. The molecule has 0 spiro atoms. The Morgan fingerprint density at radius 3 is 0.922 bits per heavy atom. The lowest BCUT2D eigenvalue weighted by molar-refractivity contribution is -0.143. The first-order valence-corrected chi connectivity index (χ1v) is 34.8. The van der Waals surface area contributed by atoms with Crippen molar-refractivity contribution in [1.82, 2.24) is 5.32 Å². The van der Waals surface area contributed by atoms with Crippen LogP contribution >= 0.6 is 0 Å². The van der Waals surface area contributed by atoms with Gasteiger partial charge in [-0.3, -0.25) is 9.59 Å². The lowest BCUT2D eigenvalue weighted by Crippen LogP contribution is -2.45. The third-order valence-electron chi connectivity index (χ3n) is 16.1. The van der Waals surface area contributed by atoms with Crippen molar-refractivity contribution in [3.05, 3.63) is 36.5 Å². The van der Waals surface area contributed by atoms with Crippen LogP contribution in [0.3, 0.4) is 0 Å². The van der Waals surface area contributed by atoms with Gasteiger partial charge in [-0.2, -0.15) is 0 Å². The van der Waals surface area contributed by atoms with Crippen molar-refractivity contribution in [2.24, 2.45) is 0 Å². The van der Waals surface area contributed by atoms with Crippen molar-refractivity contribution < 1.29 is 24.5 Å². The summed E-state index contributed by atoms with van der Waals surface area (Å²) in [6, 6.07) is -0.635. The molecule has 454 valence electrons. The van der Waals surface area contributed by atoms with Crippen LogP contribution in [0.1, 0.15) is 380 Å². The van der Waals surface area contributed by atoms with E-state index in [0.29, 0.717) is 19.4 Å². The molecule has 0 aliphatic heterocycles. The van der Waals surface area contributed by atoms with E-state index in [1.165, 1.54) is 302 Å². The number of allylic oxidation sites excluding steroid dienone is 5. The van der Waals surface area contributed by atoms with E-state index < -0.39 is 12.1 Å². The molecule has 6 heteroatoms. The molecule has 0 rings (SSSR count). The molecule has 0 saturated carbocycles. The molecule has 0 fully saturated rings. The van der Waals surface area contributed by atoms with E-state index in [1.54, 1.807) is 6.08 Å². The summed E-state index contributed by atoms with van der Waals surface area (Å²) in [5.41, 5.74) is 0. The van der Waals surface area contributed by atoms with Gasteiger partial charge < -0.3 is 20.3 Å². The van der Waals surface area contributed by atoms with Gasteiger partial charge in [-0.25, -0.2) is 0 Å². The van der Waals surface area contributed by atoms with E-state index >= 15 is 0 Å². The Kier molecular flexibility index (Phi) is 64.9. The molecule has 0 aromatic carbocycles. The van der Waals surface area contributed by atoms with Gasteiger partial charge in [-0.15, -0.1) is 0 Å². The molecule has 0 aromatic heterocycles. The lowest BCUT2D eigenvalue weighted by atomic mass is 10.0. The number of esters is 1. The van der Waals surface area contributed by atoms with Gasteiger partial charge in [0, 0.05) is 12.8 Å². The van der Waals surface area contributed by atoms with E-state index in [9.17, 15) is 19.8 Å². The van der Waals surface area contributed by atoms with Crippen LogP contribution < -0.4 is 5.32 Å². The Morgan fingerprint density at radius 1 is 0.351 bits per heavy atom. The van der Waals surface area contributed by atoms with E-state index in [-0.39, 0.29) is 18.5 Å². The predicted octanol–water partition coefficient (Wildman–Crippen LogP) is 22.3. The highest BCUT2D eigenvalue weighted by atomic mass is 16.5. The number of rotatable bonds is 65. The summed E-state index contributed by atoms with van der Waals surface area (Å²) in [5.74, 6) is -0.0701. The van der Waals surface area contributed by atoms with Crippen LogP contribution in [0, 0.1) is 0 Å². The first-order valence-electron chi connectivity index (χ1n) is 34.8. The van der Waals surface area contributed by atoms with Crippen molar-refractivity contribution in [3.8, 4) is 0 Å². The third kappa shape index (κ3) is 63.1. The van der Waals surface area contributed by atoms with Gasteiger partial charge in [0.1, 0.15) is 0 Å². The van der Waals surface area contributed by atoms with Crippen molar-refractivity contribution in [2.45, 2.75) is 392 Å². The Balaban J connectivity index is 3.45. The first kappa shape index (κ1) is 75.1. The van der Waals surface area contributed by atoms with Crippen LogP contribution in [0.4, 0.5) is 0 Å². The highest BCUT2D eigenvalue weighted by molar-refractivity contribution is 5.76. The van der Waals surface area contributed by atoms with Crippen LogP contribution in [0.15, 0.2) is 36.5 Å². The van der Waals surface area contributed by atoms with E-state index in [4.69, 9.17) is 4.74 Å². The van der Waals surface area contributed by atoms with E-state index in [2.05, 4.69) is 43.5 Å². The van der Waals surface area contributed by atoms with E-state index in [1.807, 2.05) is 6.08 Å². The summed E-state index contributed by atoms with van der Waals surface area (Å²) in [6.07, 6.45) is 85.0. The summed E-state index contributed by atoms with van der Waals surface area (Å²) >= 11 is 0. The van der Waals surface area contributed by atoms with Crippen LogP contribution in [-0.2, 0) is 14.3 Å². The fourth-order valence-electron chi connectivity index (χ4n) is 10.8. The van der Waals surface area contributed by atoms with Crippen molar-refractivity contribution in [1.29, 1.82) is 0 Å². The zero-order valence-corrected chi connectivity index (χ0v) is 52.0. The largest absolute Gasteiger partial charge is 0.466 e. The molecule has 1 amide bonds. The number of aliphatic hydroxyl groups is 2. The summed E-state index contributed by atoms with van der Waals surface area (Å²) in [4.78, 5) is 24.6. The molecule has 0 radical (unpaired) electrons. The van der Waals surface area contributed by atoms with Crippen molar-refractivity contribution >= 4 is 11.9 Å². The van der Waals surface area contributed by atoms with Gasteiger partial charge in [0.2, 0.25) is 5.91 Å². The summed E-state index contributed by atoms with van der Waals surface area (Å²) < 4.78 is 5.48. The number of unbranched alkanes of at least 4 members (excludes halogenated alkanes) is 50. The van der Waals surface area contributed by atoms with Gasteiger partial charge in [-0.1, -0.05) is 320 Å². The average Bonchev–Trinajstić information content (AvgIpc) is 3.43. The smallest absolute Gasteiger partial charge is 0.305 e. The number of hydrogen-bond acceptors (Lipinski definition) is 5. The number of carbonyl (C=O) groups is 2. The SMILES string of the molecule is CCCCCCC/C=C\CCCCCCCC(=O)OCCCCCCCCCCCCC/C=C\CCCCCCCCCC(=O)NC(CO)C(O)/C=C/CCCCCCCCCCCCCCCCCCCCCCCC. The third-order valence-corrected chi connectivity index (χ3v) is 16.1. The molecule has 2 atom stereocenters. The highest BCUT2D eigenvalue weighted by Gasteiger charge is 2.18. The number of amides is 1. The van der Waals surface area contributed by atoms with Crippen LogP contribution in [-0.4, -0.2) is 47.4 Å². The van der Waals surface area contributed by atoms with Crippen molar-refractivity contribution in [2.75, 3.05) is 13.2 Å². The summed E-state index contributed by atoms with van der Waals surface area (Å²) in [7, 11) is 0. The molecule has 0 aromatic rings. The topological polar surface area (TPSA) is 95.9 Å². The van der Waals surface area contributed by atoms with Gasteiger partial charge in [0.15, 0.2) is 0 Å². The Hall–Kier alpha value is -1.92. The summed E-state index contributed by atoms with van der Waals surface area (Å²) in [6.45, 7) is 4.92. The molecule has 0 bridgehead atoms. The maximum absolute atomic E-state index is 12.5. The van der Waals surface area contributed by atoms with Crippen LogP contribution in [0.5, 0.6) is 0 Å². The second-order valence-corrected chi connectivity index (χ2v) is 23.9. The highest BCUT2D eigenvalue weighted by Crippen LogP contribution is 2.18. The molecule has 0 aliphatic rings. The molecule has 2 unspecified atom stereocenters. The second kappa shape index (κ2) is 66.6. The van der Waals surface area contributed by atoms with Crippen LogP contribution in [0.2, 0.25) is 0 Å². The van der Waals surface area contributed by atoms with Gasteiger partial charge in [0.25, 0.3) is 0 Å². The summed E-state index contributed by atoms with van der Waals surface area (Å²) in [5, 5.41) is 23.3. The minimum absolute atomic E-state index is 0.00133. The maximum Gasteiger partial charge on any atom is 0.305 e. The predicted molar refractivity (Wildman–Crippen MR) is 338 cm³/mol. The number of carbonyl (C=O) groups excluding carboxylic acids is 2. The Labute approximate surface area is 481 Å². The van der Waals surface area contributed by atoms with Gasteiger partial charge in [0.05, 0.1) is 25.4 Å². The number of aliphatic hydroxyl groups excluding tert-OH is 2. The molecule has 0 heterocycles. The number of nitrogens with one attached hydrogen (secondary N) is 1. The Morgan fingerprint density at radius 2 is 0.610 bits per heavy atom. The monoisotopic (exact) mass is 1080 g/mol. The molecular weight excluding hydrogens is 947 g/mol. The van der Waals surface area contributed by atoms with Crippen molar-refractivity contribution in [3.63, 3.8) is 0 Å². The zero-order valence-electron chi connectivity index (χ0n) is 52.0. The minimum Gasteiger partial charge on any atom is -0.466 e. The second-order valence-electron chi connectivity index (χ2n) is 23.9. The molecule has 0 aliphatic carbocycles. The molecule has 0 saturated heterocycles. The maximum atomic E-state index is 12.5. The molecular formula is C71H135NO5. The van der Waals surface area contributed by atoms with E-state index in [0.717, 1.165) is 51.4 Å². The minimum atomic E-state index is -0.851. The quantitative estimate of drug-likeness (QED) is 0.0320. The molecule has 6 nitrogen and oxygen atoms in total. The lowest BCUT2D eigenvalue weighted by Gasteiger charge is -2.20. The van der Waals surface area contributed by atoms with Gasteiger partial charge >= 0.3 is 5.97 Å².